The molecule has 0 aromatic heterocycles. The molecule has 130 valence electrons. The van der Waals surface area contributed by atoms with E-state index in [2.05, 4.69) is 10.2 Å². The van der Waals surface area contributed by atoms with Crippen LogP contribution in [0.15, 0.2) is 24.3 Å². The Morgan fingerprint density at radius 1 is 1.12 bits per heavy atom. The predicted molar refractivity (Wildman–Crippen MR) is 94.8 cm³/mol. The van der Waals surface area contributed by atoms with Gasteiger partial charge in [0.15, 0.2) is 0 Å². The molecule has 0 aliphatic heterocycles. The summed E-state index contributed by atoms with van der Waals surface area (Å²) in [6.45, 7) is 1.49. The van der Waals surface area contributed by atoms with Crippen LogP contribution in [-0.4, -0.2) is 28.8 Å². The summed E-state index contributed by atoms with van der Waals surface area (Å²) >= 11 is 5.95. The van der Waals surface area contributed by atoms with Gasteiger partial charge in [-0.2, -0.15) is 0 Å². The molecule has 0 spiro atoms. The van der Waals surface area contributed by atoms with Crippen LogP contribution in [0.25, 0.3) is 0 Å². The lowest BCUT2D eigenvalue weighted by atomic mass is 10.0. The number of nitrogens with zero attached hydrogens (tertiary/aromatic N) is 1. The van der Waals surface area contributed by atoms with Crippen molar-refractivity contribution in [2.45, 2.75) is 70.0 Å². The lowest BCUT2D eigenvalue weighted by molar-refractivity contribution is -0.135. The van der Waals surface area contributed by atoms with E-state index in [-0.39, 0.29) is 17.9 Å². The van der Waals surface area contributed by atoms with Crippen molar-refractivity contribution in [1.29, 1.82) is 0 Å². The highest BCUT2D eigenvalue weighted by Gasteiger charge is 2.38. The van der Waals surface area contributed by atoms with E-state index in [1.165, 1.54) is 19.8 Å². The van der Waals surface area contributed by atoms with Crippen LogP contribution in [0, 0.1) is 0 Å². The molecule has 1 unspecified atom stereocenters. The van der Waals surface area contributed by atoms with Gasteiger partial charge in [-0.3, -0.25) is 9.59 Å². The minimum atomic E-state index is -0.296. The van der Waals surface area contributed by atoms with Crippen molar-refractivity contribution < 1.29 is 9.59 Å². The highest BCUT2D eigenvalue weighted by molar-refractivity contribution is 6.30. The monoisotopic (exact) mass is 348 g/mol. The van der Waals surface area contributed by atoms with Crippen molar-refractivity contribution in [3.05, 3.63) is 34.9 Å². The smallest absolute Gasteiger partial charge is 0.225 e. The van der Waals surface area contributed by atoms with Gasteiger partial charge in [0.25, 0.3) is 0 Å². The molecule has 2 aliphatic carbocycles. The quantitative estimate of drug-likeness (QED) is 0.849. The van der Waals surface area contributed by atoms with Gasteiger partial charge >= 0.3 is 0 Å². The summed E-state index contributed by atoms with van der Waals surface area (Å²) in [5.41, 5.74) is 0.921. The average Bonchev–Trinajstić information content (AvgIpc) is 3.21. The number of hydrogen-bond acceptors (Lipinski definition) is 2. The lowest BCUT2D eigenvalue weighted by Crippen LogP contribution is -2.42. The molecule has 0 bridgehead atoms. The fourth-order valence-corrected chi connectivity index (χ4v) is 3.84. The molecule has 0 radical (unpaired) electrons. The first-order valence-corrected chi connectivity index (χ1v) is 9.26. The maximum atomic E-state index is 13.0. The number of carbonyl (C=O) groups excluding carboxylic acids is 2. The Bertz CT molecular complexity index is 592. The third-order valence-electron chi connectivity index (χ3n) is 4.97. The number of amides is 2. The van der Waals surface area contributed by atoms with Gasteiger partial charge in [-0.25, -0.2) is 0 Å². The maximum absolute atomic E-state index is 13.0. The van der Waals surface area contributed by atoms with Crippen LogP contribution in [0.3, 0.4) is 0 Å². The highest BCUT2D eigenvalue weighted by Crippen LogP contribution is 2.35. The number of halogens is 1. The molecular formula is C19H25ClN2O2. The van der Waals surface area contributed by atoms with E-state index in [0.29, 0.717) is 23.5 Å². The molecule has 2 aliphatic rings. The standard InChI is InChI=1S/C19H25ClN2O2/c1-13(23)21-18(14-6-8-15(20)9-7-14)12-19(24)22(17-10-11-17)16-4-2-3-5-16/h6-9,16-18H,2-5,10-12H2,1H3,(H,21,23). The third-order valence-corrected chi connectivity index (χ3v) is 5.23. The summed E-state index contributed by atoms with van der Waals surface area (Å²) in [6.07, 6.45) is 7.22. The van der Waals surface area contributed by atoms with Crippen molar-refractivity contribution in [3.63, 3.8) is 0 Å². The first-order valence-electron chi connectivity index (χ1n) is 8.88. The second kappa shape index (κ2) is 7.56. The van der Waals surface area contributed by atoms with Crippen LogP contribution in [0.5, 0.6) is 0 Å². The van der Waals surface area contributed by atoms with Gasteiger partial charge in [0.1, 0.15) is 0 Å². The molecule has 1 N–H and O–H groups in total. The molecule has 5 heteroatoms. The van der Waals surface area contributed by atoms with Crippen LogP contribution in [0.4, 0.5) is 0 Å². The van der Waals surface area contributed by atoms with Crippen LogP contribution in [0.2, 0.25) is 5.02 Å². The Labute approximate surface area is 148 Å². The largest absolute Gasteiger partial charge is 0.349 e. The minimum absolute atomic E-state index is 0.124. The normalized spacial score (nSPS) is 19.1. The van der Waals surface area contributed by atoms with Gasteiger partial charge in [0, 0.05) is 24.0 Å². The SMILES string of the molecule is CC(=O)NC(CC(=O)N(C1CCCC1)C1CC1)c1ccc(Cl)cc1. The Morgan fingerprint density at radius 3 is 2.25 bits per heavy atom. The van der Waals surface area contributed by atoms with Crippen molar-refractivity contribution in [3.8, 4) is 0 Å². The van der Waals surface area contributed by atoms with Crippen LogP contribution in [0.1, 0.15) is 63.5 Å². The first-order chi connectivity index (χ1) is 11.5. The van der Waals surface area contributed by atoms with E-state index < -0.39 is 0 Å². The minimum Gasteiger partial charge on any atom is -0.349 e. The summed E-state index contributed by atoms with van der Waals surface area (Å²) in [5.74, 6) is 0.0414. The molecule has 2 amide bonds. The van der Waals surface area contributed by atoms with Gasteiger partial charge in [-0.15, -0.1) is 0 Å². The molecule has 2 fully saturated rings. The van der Waals surface area contributed by atoms with Crippen molar-refractivity contribution in [1.82, 2.24) is 10.2 Å². The predicted octanol–water partition coefficient (Wildman–Crippen LogP) is 3.84. The van der Waals surface area contributed by atoms with E-state index in [1.54, 1.807) is 12.1 Å². The molecule has 0 heterocycles. The molecule has 1 atom stereocenters. The Kier molecular flexibility index (Phi) is 5.44. The molecule has 0 saturated heterocycles. The van der Waals surface area contributed by atoms with Crippen molar-refractivity contribution >= 4 is 23.4 Å². The Balaban J connectivity index is 1.73. The number of carbonyl (C=O) groups is 2. The van der Waals surface area contributed by atoms with Gasteiger partial charge in [-0.05, 0) is 43.4 Å². The molecular weight excluding hydrogens is 324 g/mol. The summed E-state index contributed by atoms with van der Waals surface area (Å²) in [6, 6.07) is 7.88. The Hall–Kier alpha value is -1.55. The van der Waals surface area contributed by atoms with E-state index in [9.17, 15) is 9.59 Å². The topological polar surface area (TPSA) is 49.4 Å². The molecule has 3 rings (SSSR count). The fourth-order valence-electron chi connectivity index (χ4n) is 3.71. The highest BCUT2D eigenvalue weighted by atomic mass is 35.5. The zero-order chi connectivity index (χ0) is 17.1. The molecule has 1 aromatic rings. The maximum Gasteiger partial charge on any atom is 0.225 e. The van der Waals surface area contributed by atoms with E-state index in [1.807, 2.05) is 12.1 Å². The molecule has 1 aromatic carbocycles. The first kappa shape index (κ1) is 17.3. The van der Waals surface area contributed by atoms with Gasteiger partial charge in [0.2, 0.25) is 11.8 Å². The van der Waals surface area contributed by atoms with Gasteiger partial charge < -0.3 is 10.2 Å². The molecule has 2 saturated carbocycles. The zero-order valence-corrected chi connectivity index (χ0v) is 14.9. The van der Waals surface area contributed by atoms with Crippen LogP contribution >= 0.6 is 11.6 Å². The van der Waals surface area contributed by atoms with Gasteiger partial charge in [-0.1, -0.05) is 36.6 Å². The van der Waals surface area contributed by atoms with Crippen LogP contribution in [-0.2, 0) is 9.59 Å². The average molecular weight is 349 g/mol. The second-order valence-electron chi connectivity index (χ2n) is 6.98. The van der Waals surface area contributed by atoms with E-state index in [0.717, 1.165) is 31.2 Å². The lowest BCUT2D eigenvalue weighted by Gasteiger charge is -2.31. The zero-order valence-electron chi connectivity index (χ0n) is 14.1. The summed E-state index contributed by atoms with van der Waals surface area (Å²) in [5, 5.41) is 3.57. The fraction of sp³-hybridized carbons (Fsp3) is 0.579. The second-order valence-corrected chi connectivity index (χ2v) is 7.42. The number of rotatable bonds is 6. The molecule has 24 heavy (non-hydrogen) atoms. The third kappa shape index (κ3) is 4.29. The van der Waals surface area contributed by atoms with Crippen molar-refractivity contribution in [2.24, 2.45) is 0 Å². The van der Waals surface area contributed by atoms with Gasteiger partial charge in [0.05, 0.1) is 12.5 Å². The van der Waals surface area contributed by atoms with Crippen LogP contribution < -0.4 is 5.32 Å². The van der Waals surface area contributed by atoms with E-state index in [4.69, 9.17) is 11.6 Å². The Morgan fingerprint density at radius 2 is 1.71 bits per heavy atom. The number of hydrogen-bond donors (Lipinski definition) is 1. The summed E-state index contributed by atoms with van der Waals surface area (Å²) < 4.78 is 0. The summed E-state index contributed by atoms with van der Waals surface area (Å²) in [4.78, 5) is 26.7. The number of benzene rings is 1. The molecule has 4 nitrogen and oxygen atoms in total. The number of nitrogens with one attached hydrogen (secondary N) is 1. The summed E-state index contributed by atoms with van der Waals surface area (Å²) in [7, 11) is 0. The van der Waals surface area contributed by atoms with E-state index >= 15 is 0 Å². The van der Waals surface area contributed by atoms with Crippen molar-refractivity contribution in [2.75, 3.05) is 0 Å².